The summed E-state index contributed by atoms with van der Waals surface area (Å²) < 4.78 is 5.13. The van der Waals surface area contributed by atoms with Gasteiger partial charge in [0.05, 0.1) is 0 Å². The van der Waals surface area contributed by atoms with E-state index in [-0.39, 0.29) is 11.8 Å². The molecule has 74 valence electrons. The maximum atomic E-state index is 11.4. The van der Waals surface area contributed by atoms with Crippen LogP contribution in [0.5, 0.6) is 0 Å². The van der Waals surface area contributed by atoms with E-state index in [0.29, 0.717) is 12.8 Å². The van der Waals surface area contributed by atoms with Gasteiger partial charge >= 0.3 is 5.97 Å². The first-order chi connectivity index (χ1) is 5.90. The van der Waals surface area contributed by atoms with Gasteiger partial charge in [0.15, 0.2) is 0 Å². The van der Waals surface area contributed by atoms with Crippen LogP contribution in [-0.2, 0) is 14.3 Å². The van der Waals surface area contributed by atoms with Crippen LogP contribution in [0.25, 0.3) is 0 Å². The number of esters is 1. The van der Waals surface area contributed by atoms with Crippen LogP contribution in [0.4, 0.5) is 0 Å². The second-order valence-electron chi connectivity index (χ2n) is 4.44. The monoisotopic (exact) mass is 184 g/mol. The number of ether oxygens (including phenoxy) is 1. The first-order valence-corrected chi connectivity index (χ1v) is 4.66. The topological polar surface area (TPSA) is 43.4 Å². The molecule has 1 aliphatic carbocycles. The number of carbonyl (C=O) groups excluding carboxylic acids is 2. The molecule has 1 atom stereocenters. The van der Waals surface area contributed by atoms with Gasteiger partial charge in [0.25, 0.3) is 0 Å². The Hall–Kier alpha value is -0.860. The molecule has 0 heterocycles. The molecule has 0 aromatic rings. The molecule has 1 rings (SSSR count). The highest BCUT2D eigenvalue weighted by Crippen LogP contribution is 2.24. The van der Waals surface area contributed by atoms with Crippen molar-refractivity contribution in [3.8, 4) is 0 Å². The van der Waals surface area contributed by atoms with Crippen molar-refractivity contribution < 1.29 is 14.3 Å². The summed E-state index contributed by atoms with van der Waals surface area (Å²) in [6.07, 6.45) is 2.01. The standard InChI is InChI=1S/C10H16O3/c1-10(2,3)13-9(12)7-5-4-6-8(7)11/h7H,4-6H2,1-3H3/t7-/m1/s1. The van der Waals surface area contributed by atoms with Crippen LogP contribution < -0.4 is 0 Å². The van der Waals surface area contributed by atoms with Crippen molar-refractivity contribution in [3.05, 3.63) is 0 Å². The number of rotatable bonds is 1. The number of hydrogen-bond donors (Lipinski definition) is 0. The third-order valence-electron chi connectivity index (χ3n) is 2.00. The summed E-state index contributed by atoms with van der Waals surface area (Å²) in [4.78, 5) is 22.6. The lowest BCUT2D eigenvalue weighted by Crippen LogP contribution is -2.30. The molecule has 0 saturated heterocycles. The smallest absolute Gasteiger partial charge is 0.316 e. The van der Waals surface area contributed by atoms with Crippen molar-refractivity contribution in [2.24, 2.45) is 5.92 Å². The Bertz CT molecular complexity index is 225. The third-order valence-corrected chi connectivity index (χ3v) is 2.00. The minimum atomic E-state index is -0.487. The SMILES string of the molecule is CC(C)(C)OC(=O)[C@@H]1CCCC1=O. The van der Waals surface area contributed by atoms with Crippen LogP contribution in [0.3, 0.4) is 0 Å². The first-order valence-electron chi connectivity index (χ1n) is 4.66. The highest BCUT2D eigenvalue weighted by Gasteiger charge is 2.34. The van der Waals surface area contributed by atoms with Crippen molar-refractivity contribution in [2.45, 2.75) is 45.6 Å². The molecule has 0 aromatic carbocycles. The van der Waals surface area contributed by atoms with Gasteiger partial charge in [0.2, 0.25) is 0 Å². The second-order valence-corrected chi connectivity index (χ2v) is 4.44. The highest BCUT2D eigenvalue weighted by atomic mass is 16.6. The number of hydrogen-bond acceptors (Lipinski definition) is 3. The second kappa shape index (κ2) is 3.48. The Morgan fingerprint density at radius 3 is 2.46 bits per heavy atom. The molecular weight excluding hydrogens is 168 g/mol. The van der Waals surface area contributed by atoms with E-state index in [0.717, 1.165) is 6.42 Å². The molecule has 0 unspecified atom stereocenters. The minimum absolute atomic E-state index is 0.0363. The Labute approximate surface area is 78.5 Å². The van der Waals surface area contributed by atoms with Gasteiger partial charge in [-0.1, -0.05) is 0 Å². The lowest BCUT2D eigenvalue weighted by molar-refractivity contribution is -0.161. The average molecular weight is 184 g/mol. The lowest BCUT2D eigenvalue weighted by atomic mass is 10.1. The predicted octanol–water partition coefficient (Wildman–Crippen LogP) is 1.70. The van der Waals surface area contributed by atoms with E-state index in [2.05, 4.69) is 0 Å². The highest BCUT2D eigenvalue weighted by molar-refractivity contribution is 6.00. The molecule has 0 aromatic heterocycles. The lowest BCUT2D eigenvalue weighted by Gasteiger charge is -2.21. The van der Waals surface area contributed by atoms with E-state index in [1.807, 2.05) is 20.8 Å². The molecule has 0 aliphatic heterocycles. The van der Waals surface area contributed by atoms with E-state index in [9.17, 15) is 9.59 Å². The van der Waals surface area contributed by atoms with E-state index >= 15 is 0 Å². The van der Waals surface area contributed by atoms with Gasteiger partial charge < -0.3 is 4.74 Å². The van der Waals surface area contributed by atoms with E-state index in [1.54, 1.807) is 0 Å². The molecule has 1 aliphatic rings. The fourth-order valence-electron chi connectivity index (χ4n) is 1.44. The van der Waals surface area contributed by atoms with Gasteiger partial charge in [0.1, 0.15) is 17.3 Å². The normalized spacial score (nSPS) is 23.3. The zero-order valence-electron chi connectivity index (χ0n) is 8.42. The molecule has 1 fully saturated rings. The van der Waals surface area contributed by atoms with Gasteiger partial charge in [-0.05, 0) is 33.6 Å². The molecule has 1 saturated carbocycles. The largest absolute Gasteiger partial charge is 0.459 e. The quantitative estimate of drug-likeness (QED) is 0.460. The molecule has 3 heteroatoms. The van der Waals surface area contributed by atoms with Crippen LogP contribution >= 0.6 is 0 Å². The maximum Gasteiger partial charge on any atom is 0.316 e. The molecule has 0 bridgehead atoms. The van der Waals surface area contributed by atoms with Crippen LogP contribution in [0.2, 0.25) is 0 Å². The molecule has 13 heavy (non-hydrogen) atoms. The minimum Gasteiger partial charge on any atom is -0.459 e. The van der Waals surface area contributed by atoms with Crippen molar-refractivity contribution in [2.75, 3.05) is 0 Å². The fraction of sp³-hybridized carbons (Fsp3) is 0.800. The van der Waals surface area contributed by atoms with Crippen molar-refractivity contribution in [3.63, 3.8) is 0 Å². The van der Waals surface area contributed by atoms with E-state index in [1.165, 1.54) is 0 Å². The van der Waals surface area contributed by atoms with E-state index < -0.39 is 11.5 Å². The van der Waals surface area contributed by atoms with Crippen LogP contribution in [0, 0.1) is 5.92 Å². The molecule has 3 nitrogen and oxygen atoms in total. The summed E-state index contributed by atoms with van der Waals surface area (Å²) in [6, 6.07) is 0. The van der Waals surface area contributed by atoms with Crippen LogP contribution in [-0.4, -0.2) is 17.4 Å². The average Bonchev–Trinajstić information content (AvgIpc) is 2.30. The molecule has 0 amide bonds. The summed E-state index contributed by atoms with van der Waals surface area (Å²) in [5, 5.41) is 0. The van der Waals surface area contributed by atoms with Gasteiger partial charge in [-0.15, -0.1) is 0 Å². The van der Waals surface area contributed by atoms with Crippen molar-refractivity contribution in [1.29, 1.82) is 0 Å². The Morgan fingerprint density at radius 1 is 1.46 bits per heavy atom. The number of carbonyl (C=O) groups is 2. The molecule has 0 spiro atoms. The molecular formula is C10H16O3. The van der Waals surface area contributed by atoms with Gasteiger partial charge in [-0.25, -0.2) is 0 Å². The first kappa shape index (κ1) is 10.2. The zero-order chi connectivity index (χ0) is 10.1. The zero-order valence-corrected chi connectivity index (χ0v) is 8.42. The van der Waals surface area contributed by atoms with Crippen LogP contribution in [0.15, 0.2) is 0 Å². The van der Waals surface area contributed by atoms with Gasteiger partial charge in [-0.3, -0.25) is 9.59 Å². The summed E-state index contributed by atoms with van der Waals surface area (Å²) >= 11 is 0. The van der Waals surface area contributed by atoms with Gasteiger partial charge in [-0.2, -0.15) is 0 Å². The Morgan fingerprint density at radius 2 is 2.08 bits per heavy atom. The van der Waals surface area contributed by atoms with E-state index in [4.69, 9.17) is 4.74 Å². The maximum absolute atomic E-state index is 11.4. The Balaban J connectivity index is 2.53. The molecule has 0 N–H and O–H groups in total. The Kier molecular flexibility index (Phi) is 2.74. The predicted molar refractivity (Wildman–Crippen MR) is 48.2 cm³/mol. The summed E-state index contributed by atoms with van der Waals surface area (Å²) in [6.45, 7) is 5.43. The summed E-state index contributed by atoms with van der Waals surface area (Å²) in [5.41, 5.74) is -0.486. The van der Waals surface area contributed by atoms with Gasteiger partial charge in [0, 0.05) is 6.42 Å². The fourth-order valence-corrected chi connectivity index (χ4v) is 1.44. The number of ketones is 1. The van der Waals surface area contributed by atoms with Crippen molar-refractivity contribution >= 4 is 11.8 Å². The number of Topliss-reactive ketones (excluding diaryl/α,β-unsaturated/α-hetero) is 1. The molecule has 0 radical (unpaired) electrons. The summed E-state index contributed by atoms with van der Waals surface area (Å²) in [5.74, 6) is -0.802. The van der Waals surface area contributed by atoms with Crippen LogP contribution in [0.1, 0.15) is 40.0 Å². The summed E-state index contributed by atoms with van der Waals surface area (Å²) in [7, 11) is 0. The third kappa shape index (κ3) is 2.83. The van der Waals surface area contributed by atoms with Crippen molar-refractivity contribution in [1.82, 2.24) is 0 Å².